The van der Waals surface area contributed by atoms with Gasteiger partial charge in [0.15, 0.2) is 16.8 Å². The first-order chi connectivity index (χ1) is 13.0. The lowest BCUT2D eigenvalue weighted by Gasteiger charge is -2.13. The van der Waals surface area contributed by atoms with Crippen LogP contribution in [0.15, 0.2) is 53.7 Å². The molecule has 0 fully saturated rings. The van der Waals surface area contributed by atoms with Crippen LogP contribution in [0.1, 0.15) is 24.2 Å². The highest BCUT2D eigenvalue weighted by atomic mass is 35.5. The maximum atomic E-state index is 12.7. The van der Waals surface area contributed by atoms with E-state index in [0.717, 1.165) is 17.1 Å². The van der Waals surface area contributed by atoms with Gasteiger partial charge in [-0.3, -0.25) is 4.79 Å². The summed E-state index contributed by atoms with van der Waals surface area (Å²) in [5.74, 6) is 1.49. The summed E-state index contributed by atoms with van der Waals surface area (Å²) in [4.78, 5) is 12.7. The molecule has 0 saturated heterocycles. The molecule has 0 aliphatic carbocycles. The Morgan fingerprint density at radius 1 is 1.19 bits per heavy atom. The Morgan fingerprint density at radius 3 is 2.56 bits per heavy atom. The van der Waals surface area contributed by atoms with Crippen molar-refractivity contribution in [1.82, 2.24) is 14.8 Å². The van der Waals surface area contributed by atoms with Gasteiger partial charge >= 0.3 is 0 Å². The van der Waals surface area contributed by atoms with Crippen molar-refractivity contribution >= 4 is 29.1 Å². The lowest BCUT2D eigenvalue weighted by atomic mass is 10.1. The zero-order chi connectivity index (χ0) is 19.4. The van der Waals surface area contributed by atoms with Crippen molar-refractivity contribution in [2.24, 2.45) is 0 Å². The molecule has 0 radical (unpaired) electrons. The molecule has 0 bridgehead atoms. The van der Waals surface area contributed by atoms with Crippen molar-refractivity contribution in [2.75, 3.05) is 7.11 Å². The number of aromatic nitrogens is 3. The van der Waals surface area contributed by atoms with Crippen molar-refractivity contribution in [3.8, 4) is 17.1 Å². The molecule has 0 aliphatic rings. The van der Waals surface area contributed by atoms with Crippen LogP contribution in [-0.4, -0.2) is 32.9 Å². The number of halogens is 1. The van der Waals surface area contributed by atoms with Gasteiger partial charge in [0.05, 0.1) is 17.9 Å². The number of ketones is 1. The van der Waals surface area contributed by atoms with E-state index in [1.165, 1.54) is 11.8 Å². The smallest absolute Gasteiger partial charge is 0.192 e. The molecular formula is C20H20ClN3O2S. The summed E-state index contributed by atoms with van der Waals surface area (Å²) in [6, 6.07) is 14.6. The molecule has 3 rings (SSSR count). The Morgan fingerprint density at radius 2 is 1.89 bits per heavy atom. The van der Waals surface area contributed by atoms with Crippen LogP contribution in [0.4, 0.5) is 0 Å². The molecule has 0 saturated carbocycles. The maximum absolute atomic E-state index is 12.7. The number of thioether (sulfide) groups is 1. The molecule has 3 aromatic rings. The monoisotopic (exact) mass is 401 g/mol. The average Bonchev–Trinajstić information content (AvgIpc) is 3.10. The molecule has 140 valence electrons. The molecule has 2 aromatic carbocycles. The Kier molecular flexibility index (Phi) is 6.19. The van der Waals surface area contributed by atoms with Crippen LogP contribution in [0.25, 0.3) is 11.4 Å². The molecular weight excluding hydrogens is 382 g/mol. The number of methoxy groups -OCH3 is 1. The summed E-state index contributed by atoms with van der Waals surface area (Å²) in [5, 5.41) is 9.67. The number of rotatable bonds is 7. The zero-order valence-corrected chi connectivity index (χ0v) is 16.9. The highest BCUT2D eigenvalue weighted by Gasteiger charge is 2.22. The topological polar surface area (TPSA) is 57.0 Å². The van der Waals surface area contributed by atoms with Crippen molar-refractivity contribution in [3.05, 3.63) is 59.1 Å². The first kappa shape index (κ1) is 19.5. The molecule has 1 atom stereocenters. The van der Waals surface area contributed by atoms with Gasteiger partial charge in [0, 0.05) is 17.1 Å². The number of carbonyl (C=O) groups is 1. The van der Waals surface area contributed by atoms with Crippen molar-refractivity contribution in [1.29, 1.82) is 0 Å². The van der Waals surface area contributed by atoms with Crippen LogP contribution in [0.3, 0.4) is 0 Å². The van der Waals surface area contributed by atoms with Crippen LogP contribution in [0, 0.1) is 0 Å². The Bertz CT molecular complexity index is 941. The van der Waals surface area contributed by atoms with Crippen molar-refractivity contribution in [2.45, 2.75) is 30.8 Å². The Balaban J connectivity index is 1.86. The predicted octanol–water partition coefficient (Wildman–Crippen LogP) is 4.99. The highest BCUT2D eigenvalue weighted by Crippen LogP contribution is 2.32. The summed E-state index contributed by atoms with van der Waals surface area (Å²) in [7, 11) is 1.63. The van der Waals surface area contributed by atoms with Crippen LogP contribution in [-0.2, 0) is 6.54 Å². The molecule has 5 nitrogen and oxygen atoms in total. The second-order valence-electron chi connectivity index (χ2n) is 5.88. The summed E-state index contributed by atoms with van der Waals surface area (Å²) >= 11 is 7.30. The molecule has 0 unspecified atom stereocenters. The van der Waals surface area contributed by atoms with E-state index in [0.29, 0.717) is 22.3 Å². The summed E-state index contributed by atoms with van der Waals surface area (Å²) in [5.41, 5.74) is 1.50. The van der Waals surface area contributed by atoms with E-state index in [4.69, 9.17) is 16.3 Å². The van der Waals surface area contributed by atoms with Crippen molar-refractivity contribution < 1.29 is 9.53 Å². The first-order valence-corrected chi connectivity index (χ1v) is 9.84. The third-order valence-corrected chi connectivity index (χ3v) is 5.49. The second kappa shape index (κ2) is 8.59. The number of Topliss-reactive ketones (excluding diaryl/α,β-unsaturated/α-hetero) is 1. The normalized spacial score (nSPS) is 12.0. The molecule has 27 heavy (non-hydrogen) atoms. The third-order valence-electron chi connectivity index (χ3n) is 4.16. The van der Waals surface area contributed by atoms with E-state index in [9.17, 15) is 4.79 Å². The predicted molar refractivity (Wildman–Crippen MR) is 109 cm³/mol. The number of nitrogens with zero attached hydrogens (tertiary/aromatic N) is 3. The first-order valence-electron chi connectivity index (χ1n) is 8.58. The zero-order valence-electron chi connectivity index (χ0n) is 15.3. The number of carbonyl (C=O) groups excluding carboxylic acids is 1. The van der Waals surface area contributed by atoms with Gasteiger partial charge in [-0.1, -0.05) is 35.5 Å². The number of ether oxygens (including phenoxy) is 1. The van der Waals surface area contributed by atoms with E-state index >= 15 is 0 Å². The van der Waals surface area contributed by atoms with Gasteiger partial charge < -0.3 is 9.30 Å². The average molecular weight is 402 g/mol. The highest BCUT2D eigenvalue weighted by molar-refractivity contribution is 8.00. The summed E-state index contributed by atoms with van der Waals surface area (Å²) in [6.07, 6.45) is 0. The quantitative estimate of drug-likeness (QED) is 0.412. The van der Waals surface area contributed by atoms with Gasteiger partial charge in [-0.25, -0.2) is 0 Å². The molecule has 0 aliphatic heterocycles. The van der Waals surface area contributed by atoms with Gasteiger partial charge in [-0.05, 0) is 50.2 Å². The summed E-state index contributed by atoms with van der Waals surface area (Å²) < 4.78 is 7.44. The molecule has 0 spiro atoms. The molecule has 1 heterocycles. The van der Waals surface area contributed by atoms with Crippen molar-refractivity contribution in [3.63, 3.8) is 0 Å². The van der Waals surface area contributed by atoms with Gasteiger partial charge in [-0.2, -0.15) is 0 Å². The molecule has 0 amide bonds. The minimum Gasteiger partial charge on any atom is -0.496 e. The van der Waals surface area contributed by atoms with Gasteiger partial charge in [-0.15, -0.1) is 10.2 Å². The molecule has 1 aromatic heterocycles. The van der Waals surface area contributed by atoms with Gasteiger partial charge in [0.2, 0.25) is 0 Å². The molecule has 0 N–H and O–H groups in total. The fourth-order valence-electron chi connectivity index (χ4n) is 2.75. The fraction of sp³-hybridized carbons (Fsp3) is 0.250. The van der Waals surface area contributed by atoms with E-state index in [1.54, 1.807) is 31.4 Å². The van der Waals surface area contributed by atoms with E-state index in [1.807, 2.05) is 42.7 Å². The van der Waals surface area contributed by atoms with Gasteiger partial charge in [0.1, 0.15) is 5.75 Å². The van der Waals surface area contributed by atoms with E-state index < -0.39 is 0 Å². The fourth-order valence-corrected chi connectivity index (χ4v) is 3.87. The minimum atomic E-state index is -0.300. The van der Waals surface area contributed by atoms with Gasteiger partial charge in [0.25, 0.3) is 0 Å². The maximum Gasteiger partial charge on any atom is 0.192 e. The molecule has 7 heteroatoms. The van der Waals surface area contributed by atoms with Crippen LogP contribution in [0.5, 0.6) is 5.75 Å². The minimum absolute atomic E-state index is 0.0289. The summed E-state index contributed by atoms with van der Waals surface area (Å²) in [6.45, 7) is 4.58. The Hall–Kier alpha value is -2.31. The number of hydrogen-bond acceptors (Lipinski definition) is 5. The Labute approximate surface area is 167 Å². The van der Waals surface area contributed by atoms with Crippen LogP contribution in [0.2, 0.25) is 5.02 Å². The van der Waals surface area contributed by atoms with Crippen LogP contribution >= 0.6 is 23.4 Å². The number of para-hydroxylation sites is 1. The van der Waals surface area contributed by atoms with E-state index in [2.05, 4.69) is 10.2 Å². The van der Waals surface area contributed by atoms with Crippen LogP contribution < -0.4 is 4.74 Å². The second-order valence-corrected chi connectivity index (χ2v) is 7.63. The largest absolute Gasteiger partial charge is 0.496 e. The number of benzene rings is 2. The van der Waals surface area contributed by atoms with E-state index in [-0.39, 0.29) is 11.0 Å². The SMILES string of the molecule is CCn1c(S[C@@H](C)C(=O)c2ccc(Cl)cc2)nnc1-c1ccccc1OC. The third kappa shape index (κ3) is 4.17. The lowest BCUT2D eigenvalue weighted by Crippen LogP contribution is -2.14. The lowest BCUT2D eigenvalue weighted by molar-refractivity contribution is 0.0994. The number of hydrogen-bond donors (Lipinski definition) is 0. The standard InChI is InChI=1S/C20H20ClN3O2S/c1-4-24-19(16-7-5-6-8-17(16)26-3)22-23-20(24)27-13(2)18(25)14-9-11-15(21)12-10-14/h5-13H,4H2,1-3H3/t13-/m0/s1.